The van der Waals surface area contributed by atoms with Crippen molar-refractivity contribution in [3.05, 3.63) is 35.7 Å². The van der Waals surface area contributed by atoms with Crippen LogP contribution >= 0.6 is 0 Å². The molecule has 0 radical (unpaired) electrons. The van der Waals surface area contributed by atoms with Crippen molar-refractivity contribution in [3.63, 3.8) is 0 Å². The standard InChI is InChI=1S/C16H18N2O3/c1-11-14(16(19)18-9-3-4-10-18)17-15(21-11)12-5-7-13(20-2)8-6-12/h5-8H,3-4,9-10H2,1-2H3. The van der Waals surface area contributed by atoms with Crippen molar-refractivity contribution >= 4 is 5.91 Å². The molecule has 1 saturated heterocycles. The molecule has 21 heavy (non-hydrogen) atoms. The lowest BCUT2D eigenvalue weighted by atomic mass is 10.2. The molecule has 0 aliphatic carbocycles. The molecule has 1 aliphatic heterocycles. The lowest BCUT2D eigenvalue weighted by Gasteiger charge is -2.13. The number of benzene rings is 1. The minimum atomic E-state index is -0.0338. The van der Waals surface area contributed by atoms with Gasteiger partial charge in [0.25, 0.3) is 5.91 Å². The summed E-state index contributed by atoms with van der Waals surface area (Å²) in [5.41, 5.74) is 1.25. The van der Waals surface area contributed by atoms with E-state index in [0.29, 0.717) is 17.3 Å². The largest absolute Gasteiger partial charge is 0.497 e. The van der Waals surface area contributed by atoms with E-state index in [2.05, 4.69) is 4.98 Å². The maximum absolute atomic E-state index is 12.4. The number of likely N-dealkylation sites (tertiary alicyclic amines) is 1. The molecule has 0 unspecified atom stereocenters. The number of aromatic nitrogens is 1. The van der Waals surface area contributed by atoms with Crippen LogP contribution in [-0.4, -0.2) is 36.0 Å². The van der Waals surface area contributed by atoms with Crippen molar-refractivity contribution in [3.8, 4) is 17.2 Å². The Morgan fingerprint density at radius 1 is 1.24 bits per heavy atom. The van der Waals surface area contributed by atoms with Crippen LogP contribution in [0.2, 0.25) is 0 Å². The Morgan fingerprint density at radius 3 is 2.52 bits per heavy atom. The summed E-state index contributed by atoms with van der Waals surface area (Å²) < 4.78 is 10.8. The third-order valence-electron chi connectivity index (χ3n) is 3.73. The van der Waals surface area contributed by atoms with Crippen LogP contribution in [0.1, 0.15) is 29.1 Å². The molecule has 1 aliphatic rings. The molecule has 3 rings (SSSR count). The fourth-order valence-electron chi connectivity index (χ4n) is 2.52. The summed E-state index contributed by atoms with van der Waals surface area (Å²) in [5, 5.41) is 0. The van der Waals surface area contributed by atoms with Crippen LogP contribution in [0.5, 0.6) is 5.75 Å². The zero-order valence-corrected chi connectivity index (χ0v) is 12.3. The van der Waals surface area contributed by atoms with Gasteiger partial charge in [0, 0.05) is 18.7 Å². The van der Waals surface area contributed by atoms with Gasteiger partial charge in [0.15, 0.2) is 5.69 Å². The molecule has 0 N–H and O–H groups in total. The Hall–Kier alpha value is -2.30. The molecule has 5 heteroatoms. The highest BCUT2D eigenvalue weighted by atomic mass is 16.5. The van der Waals surface area contributed by atoms with Crippen LogP contribution in [0.15, 0.2) is 28.7 Å². The number of rotatable bonds is 3. The van der Waals surface area contributed by atoms with Crippen LogP contribution in [0.3, 0.4) is 0 Å². The molecule has 0 bridgehead atoms. The van der Waals surface area contributed by atoms with Crippen molar-refractivity contribution in [1.29, 1.82) is 0 Å². The quantitative estimate of drug-likeness (QED) is 0.870. The number of hydrogen-bond donors (Lipinski definition) is 0. The molecular weight excluding hydrogens is 268 g/mol. The summed E-state index contributed by atoms with van der Waals surface area (Å²) in [6.45, 7) is 3.40. The minimum Gasteiger partial charge on any atom is -0.497 e. The van der Waals surface area contributed by atoms with Crippen LogP contribution < -0.4 is 4.74 Å². The SMILES string of the molecule is COc1ccc(-c2nc(C(=O)N3CCCC3)c(C)o2)cc1. The predicted molar refractivity (Wildman–Crippen MR) is 78.4 cm³/mol. The zero-order valence-electron chi connectivity index (χ0n) is 12.3. The van der Waals surface area contributed by atoms with Crippen molar-refractivity contribution in [2.75, 3.05) is 20.2 Å². The van der Waals surface area contributed by atoms with Gasteiger partial charge in [-0.15, -0.1) is 0 Å². The number of ether oxygens (including phenoxy) is 1. The number of oxazole rings is 1. The van der Waals surface area contributed by atoms with Gasteiger partial charge in [-0.1, -0.05) is 0 Å². The molecule has 0 atom stereocenters. The highest BCUT2D eigenvalue weighted by Crippen LogP contribution is 2.25. The number of nitrogens with zero attached hydrogens (tertiary/aromatic N) is 2. The first-order chi connectivity index (χ1) is 10.2. The normalized spacial score (nSPS) is 14.5. The van der Waals surface area contributed by atoms with Gasteiger partial charge in [-0.2, -0.15) is 0 Å². The van der Waals surface area contributed by atoms with Gasteiger partial charge in [-0.05, 0) is 44.0 Å². The van der Waals surface area contributed by atoms with E-state index in [1.807, 2.05) is 29.2 Å². The van der Waals surface area contributed by atoms with Crippen molar-refractivity contribution in [2.24, 2.45) is 0 Å². The van der Waals surface area contributed by atoms with E-state index < -0.39 is 0 Å². The lowest BCUT2D eigenvalue weighted by Crippen LogP contribution is -2.28. The molecule has 1 aromatic carbocycles. The third-order valence-corrected chi connectivity index (χ3v) is 3.73. The first-order valence-corrected chi connectivity index (χ1v) is 7.10. The lowest BCUT2D eigenvalue weighted by molar-refractivity contribution is 0.0786. The van der Waals surface area contributed by atoms with E-state index in [0.717, 1.165) is 37.2 Å². The molecule has 0 saturated carbocycles. The molecule has 1 aromatic heterocycles. The van der Waals surface area contributed by atoms with Gasteiger partial charge in [0.1, 0.15) is 11.5 Å². The number of carbonyl (C=O) groups excluding carboxylic acids is 1. The van der Waals surface area contributed by atoms with Crippen molar-refractivity contribution < 1.29 is 13.9 Å². The number of methoxy groups -OCH3 is 1. The molecule has 1 amide bonds. The zero-order chi connectivity index (χ0) is 14.8. The summed E-state index contributed by atoms with van der Waals surface area (Å²) >= 11 is 0. The fourth-order valence-corrected chi connectivity index (χ4v) is 2.52. The van der Waals surface area contributed by atoms with Gasteiger partial charge in [0.05, 0.1) is 7.11 Å². The average molecular weight is 286 g/mol. The van der Waals surface area contributed by atoms with Gasteiger partial charge >= 0.3 is 0 Å². The highest BCUT2D eigenvalue weighted by Gasteiger charge is 2.25. The van der Waals surface area contributed by atoms with E-state index in [1.54, 1.807) is 14.0 Å². The van der Waals surface area contributed by atoms with E-state index in [9.17, 15) is 4.79 Å². The average Bonchev–Trinajstić information content (AvgIpc) is 3.16. The van der Waals surface area contributed by atoms with Crippen LogP contribution in [0, 0.1) is 6.92 Å². The van der Waals surface area contributed by atoms with E-state index >= 15 is 0 Å². The second-order valence-corrected chi connectivity index (χ2v) is 5.15. The number of carbonyl (C=O) groups is 1. The number of hydrogen-bond acceptors (Lipinski definition) is 4. The molecule has 2 aromatic rings. The maximum Gasteiger partial charge on any atom is 0.276 e. The van der Waals surface area contributed by atoms with E-state index in [4.69, 9.17) is 9.15 Å². The smallest absolute Gasteiger partial charge is 0.276 e. The first kappa shape index (κ1) is 13.7. The van der Waals surface area contributed by atoms with Crippen molar-refractivity contribution in [1.82, 2.24) is 9.88 Å². The van der Waals surface area contributed by atoms with E-state index in [-0.39, 0.29) is 5.91 Å². The second-order valence-electron chi connectivity index (χ2n) is 5.15. The van der Waals surface area contributed by atoms with Gasteiger partial charge in [-0.25, -0.2) is 4.98 Å². The Bertz CT molecular complexity index is 640. The summed E-state index contributed by atoms with van der Waals surface area (Å²) in [5.74, 6) is 1.78. The van der Waals surface area contributed by atoms with Crippen LogP contribution in [0.25, 0.3) is 11.5 Å². The Morgan fingerprint density at radius 2 is 1.90 bits per heavy atom. The summed E-state index contributed by atoms with van der Waals surface area (Å²) in [6.07, 6.45) is 2.13. The molecular formula is C16H18N2O3. The summed E-state index contributed by atoms with van der Waals surface area (Å²) in [7, 11) is 1.62. The van der Waals surface area contributed by atoms with Gasteiger partial charge < -0.3 is 14.1 Å². The third kappa shape index (κ3) is 2.63. The molecule has 110 valence electrons. The Kier molecular flexibility index (Phi) is 3.64. The Labute approximate surface area is 123 Å². The van der Waals surface area contributed by atoms with Gasteiger partial charge in [-0.3, -0.25) is 4.79 Å². The van der Waals surface area contributed by atoms with Crippen LogP contribution in [-0.2, 0) is 0 Å². The predicted octanol–water partition coefficient (Wildman–Crippen LogP) is 2.89. The molecule has 2 heterocycles. The number of amides is 1. The first-order valence-electron chi connectivity index (χ1n) is 7.10. The van der Waals surface area contributed by atoms with E-state index in [1.165, 1.54) is 0 Å². The topological polar surface area (TPSA) is 55.6 Å². The monoisotopic (exact) mass is 286 g/mol. The molecule has 5 nitrogen and oxygen atoms in total. The molecule has 1 fully saturated rings. The summed E-state index contributed by atoms with van der Waals surface area (Å²) in [4.78, 5) is 18.6. The van der Waals surface area contributed by atoms with Crippen molar-refractivity contribution in [2.45, 2.75) is 19.8 Å². The molecule has 0 spiro atoms. The highest BCUT2D eigenvalue weighted by molar-refractivity contribution is 5.93. The second kappa shape index (κ2) is 5.60. The maximum atomic E-state index is 12.4. The summed E-state index contributed by atoms with van der Waals surface area (Å²) in [6, 6.07) is 7.43. The number of aryl methyl sites for hydroxylation is 1. The fraction of sp³-hybridized carbons (Fsp3) is 0.375. The minimum absolute atomic E-state index is 0.0338. The van der Waals surface area contributed by atoms with Gasteiger partial charge in [0.2, 0.25) is 5.89 Å². The van der Waals surface area contributed by atoms with Crippen LogP contribution in [0.4, 0.5) is 0 Å². The Balaban J connectivity index is 1.87.